The number of ether oxygens (including phenoxy) is 1. The first kappa shape index (κ1) is 16.9. The number of piperazine rings is 1. The molecule has 1 atom stereocenters. The minimum absolute atomic E-state index is 0.250. The molecule has 1 N–H and O–H groups in total. The van der Waals surface area contributed by atoms with Crippen LogP contribution in [0.25, 0.3) is 0 Å². The second-order valence-electron chi connectivity index (χ2n) is 6.38. The molecule has 0 radical (unpaired) electrons. The van der Waals surface area contributed by atoms with Gasteiger partial charge in [0.15, 0.2) is 0 Å². The van der Waals surface area contributed by atoms with Gasteiger partial charge in [-0.25, -0.2) is 4.39 Å². The highest BCUT2D eigenvalue weighted by molar-refractivity contribution is 5.39. The first-order chi connectivity index (χ1) is 11.7. The van der Waals surface area contributed by atoms with Crippen LogP contribution in [0.2, 0.25) is 0 Å². The molecule has 1 heterocycles. The molecule has 3 rings (SSSR count). The van der Waals surface area contributed by atoms with Gasteiger partial charge in [0.1, 0.15) is 17.3 Å². The number of nitrogens with zero attached hydrogens (tertiary/aromatic N) is 1. The van der Waals surface area contributed by atoms with E-state index < -0.39 is 0 Å². The van der Waals surface area contributed by atoms with Crippen molar-refractivity contribution in [2.45, 2.75) is 19.3 Å². The van der Waals surface area contributed by atoms with Crippen LogP contribution in [0.15, 0.2) is 48.5 Å². The summed E-state index contributed by atoms with van der Waals surface area (Å²) in [5, 5.41) is 3.39. The van der Waals surface area contributed by atoms with Crippen LogP contribution >= 0.6 is 0 Å². The average Bonchev–Trinajstić information content (AvgIpc) is 2.63. The van der Waals surface area contributed by atoms with Crippen molar-refractivity contribution in [3.05, 3.63) is 59.9 Å². The van der Waals surface area contributed by atoms with Crippen LogP contribution in [0.5, 0.6) is 11.5 Å². The van der Waals surface area contributed by atoms with E-state index in [0.29, 0.717) is 11.7 Å². The molecule has 1 saturated heterocycles. The Morgan fingerprint density at radius 3 is 2.54 bits per heavy atom. The Morgan fingerprint density at radius 2 is 1.79 bits per heavy atom. The van der Waals surface area contributed by atoms with E-state index in [0.717, 1.165) is 44.9 Å². The molecule has 1 aliphatic heterocycles. The molecule has 0 saturated carbocycles. The maximum Gasteiger partial charge on any atom is 0.130 e. The Hall–Kier alpha value is -1.91. The fraction of sp³-hybridized carbons (Fsp3) is 0.400. The fourth-order valence-electron chi connectivity index (χ4n) is 3.08. The van der Waals surface area contributed by atoms with E-state index in [-0.39, 0.29) is 5.82 Å². The zero-order valence-electron chi connectivity index (χ0n) is 14.2. The number of benzene rings is 2. The predicted octanol–water partition coefficient (Wildman–Crippen LogP) is 4.02. The number of halogens is 1. The van der Waals surface area contributed by atoms with Crippen LogP contribution in [0, 0.1) is 5.82 Å². The Kier molecular flexibility index (Phi) is 5.83. The lowest BCUT2D eigenvalue weighted by molar-refractivity contribution is 0.233. The largest absolute Gasteiger partial charge is 0.457 e. The molecular weight excluding hydrogens is 303 g/mol. The van der Waals surface area contributed by atoms with E-state index in [1.165, 1.54) is 17.7 Å². The van der Waals surface area contributed by atoms with Crippen molar-refractivity contribution in [3.8, 4) is 11.5 Å². The summed E-state index contributed by atoms with van der Waals surface area (Å²) >= 11 is 0. The molecule has 1 aliphatic rings. The molecule has 1 unspecified atom stereocenters. The van der Waals surface area contributed by atoms with Gasteiger partial charge in [-0.15, -0.1) is 0 Å². The minimum atomic E-state index is -0.250. The zero-order chi connectivity index (χ0) is 16.8. The van der Waals surface area contributed by atoms with Gasteiger partial charge in [-0.05, 0) is 54.8 Å². The lowest BCUT2D eigenvalue weighted by atomic mass is 9.96. The van der Waals surface area contributed by atoms with Gasteiger partial charge in [-0.1, -0.05) is 25.1 Å². The third kappa shape index (κ3) is 4.56. The monoisotopic (exact) mass is 328 g/mol. The van der Waals surface area contributed by atoms with Crippen molar-refractivity contribution in [2.24, 2.45) is 0 Å². The summed E-state index contributed by atoms with van der Waals surface area (Å²) in [7, 11) is 0. The highest BCUT2D eigenvalue weighted by atomic mass is 19.1. The van der Waals surface area contributed by atoms with Crippen LogP contribution in [0.3, 0.4) is 0 Å². The number of rotatable bonds is 6. The summed E-state index contributed by atoms with van der Waals surface area (Å²) in [5.41, 5.74) is 1.21. The van der Waals surface area contributed by atoms with E-state index >= 15 is 0 Å². The van der Waals surface area contributed by atoms with E-state index in [9.17, 15) is 4.39 Å². The van der Waals surface area contributed by atoms with Gasteiger partial charge in [-0.2, -0.15) is 0 Å². The summed E-state index contributed by atoms with van der Waals surface area (Å²) in [6.45, 7) is 7.76. The van der Waals surface area contributed by atoms with E-state index in [2.05, 4.69) is 23.2 Å². The number of para-hydroxylation sites is 1. The average molecular weight is 328 g/mol. The van der Waals surface area contributed by atoms with Gasteiger partial charge in [-0.3, -0.25) is 0 Å². The highest BCUT2D eigenvalue weighted by Crippen LogP contribution is 2.32. The molecule has 24 heavy (non-hydrogen) atoms. The summed E-state index contributed by atoms with van der Waals surface area (Å²) in [6.07, 6.45) is 1.10. The molecule has 2 aromatic carbocycles. The zero-order valence-corrected chi connectivity index (χ0v) is 14.2. The second-order valence-corrected chi connectivity index (χ2v) is 6.38. The van der Waals surface area contributed by atoms with E-state index in [1.807, 2.05) is 18.2 Å². The smallest absolute Gasteiger partial charge is 0.130 e. The normalized spacial score (nSPS) is 16.8. The van der Waals surface area contributed by atoms with Crippen LogP contribution in [0.1, 0.15) is 24.8 Å². The third-order valence-electron chi connectivity index (χ3n) is 4.58. The lowest BCUT2D eigenvalue weighted by Gasteiger charge is -2.28. The standard InChI is InChI=1S/C20H25FN2O/c1-16(10-13-23-14-11-22-12-15-23)19-4-2-3-5-20(19)24-18-8-6-17(21)7-9-18/h2-9,16,22H,10-15H2,1H3. The van der Waals surface area contributed by atoms with E-state index in [1.54, 1.807) is 12.1 Å². The molecule has 4 heteroatoms. The van der Waals surface area contributed by atoms with Gasteiger partial charge in [0.2, 0.25) is 0 Å². The molecular formula is C20H25FN2O. The third-order valence-corrected chi connectivity index (χ3v) is 4.58. The van der Waals surface area contributed by atoms with Gasteiger partial charge < -0.3 is 15.0 Å². The van der Waals surface area contributed by atoms with Crippen LogP contribution in [-0.2, 0) is 0 Å². The highest BCUT2D eigenvalue weighted by Gasteiger charge is 2.15. The van der Waals surface area contributed by atoms with Crippen molar-refractivity contribution < 1.29 is 9.13 Å². The maximum absolute atomic E-state index is 13.0. The van der Waals surface area contributed by atoms with Crippen LogP contribution < -0.4 is 10.1 Å². The molecule has 0 aromatic heterocycles. The van der Waals surface area contributed by atoms with Crippen molar-refractivity contribution in [1.82, 2.24) is 10.2 Å². The van der Waals surface area contributed by atoms with Crippen molar-refractivity contribution in [1.29, 1.82) is 0 Å². The predicted molar refractivity (Wildman–Crippen MR) is 95.3 cm³/mol. The molecule has 0 spiro atoms. The number of nitrogens with one attached hydrogen (secondary N) is 1. The fourth-order valence-corrected chi connectivity index (χ4v) is 3.08. The van der Waals surface area contributed by atoms with Crippen molar-refractivity contribution in [2.75, 3.05) is 32.7 Å². The first-order valence-electron chi connectivity index (χ1n) is 8.68. The molecule has 0 amide bonds. The molecule has 2 aromatic rings. The summed E-state index contributed by atoms with van der Waals surface area (Å²) in [5.74, 6) is 1.69. The Labute approximate surface area is 143 Å². The van der Waals surface area contributed by atoms with Gasteiger partial charge in [0.25, 0.3) is 0 Å². The van der Waals surface area contributed by atoms with Gasteiger partial charge in [0.05, 0.1) is 0 Å². The first-order valence-corrected chi connectivity index (χ1v) is 8.68. The quantitative estimate of drug-likeness (QED) is 0.867. The van der Waals surface area contributed by atoms with E-state index in [4.69, 9.17) is 4.74 Å². The van der Waals surface area contributed by atoms with Crippen LogP contribution in [0.4, 0.5) is 4.39 Å². The van der Waals surface area contributed by atoms with Crippen LogP contribution in [-0.4, -0.2) is 37.6 Å². The molecule has 128 valence electrons. The molecule has 0 aliphatic carbocycles. The number of hydrogen-bond donors (Lipinski definition) is 1. The van der Waals surface area contributed by atoms with Crippen molar-refractivity contribution >= 4 is 0 Å². The minimum Gasteiger partial charge on any atom is -0.457 e. The lowest BCUT2D eigenvalue weighted by Crippen LogP contribution is -2.43. The van der Waals surface area contributed by atoms with Crippen molar-refractivity contribution in [3.63, 3.8) is 0 Å². The van der Waals surface area contributed by atoms with Gasteiger partial charge in [0, 0.05) is 26.2 Å². The van der Waals surface area contributed by atoms with Gasteiger partial charge >= 0.3 is 0 Å². The molecule has 1 fully saturated rings. The molecule has 3 nitrogen and oxygen atoms in total. The Morgan fingerprint density at radius 1 is 1.08 bits per heavy atom. The Balaban J connectivity index is 1.65. The summed E-state index contributed by atoms with van der Waals surface area (Å²) in [6, 6.07) is 14.3. The SMILES string of the molecule is CC(CCN1CCNCC1)c1ccccc1Oc1ccc(F)cc1. The Bertz CT molecular complexity index is 638. The summed E-state index contributed by atoms with van der Waals surface area (Å²) < 4.78 is 19.0. The number of hydrogen-bond acceptors (Lipinski definition) is 3. The second kappa shape index (κ2) is 8.27. The molecule has 0 bridgehead atoms. The summed E-state index contributed by atoms with van der Waals surface area (Å²) in [4.78, 5) is 2.51. The maximum atomic E-state index is 13.0. The topological polar surface area (TPSA) is 24.5 Å².